The van der Waals surface area contributed by atoms with Crippen LogP contribution in [0.4, 0.5) is 0 Å². The number of furan rings is 1. The van der Waals surface area contributed by atoms with Crippen LogP contribution in [0.3, 0.4) is 0 Å². The van der Waals surface area contributed by atoms with Crippen molar-refractivity contribution in [3.05, 3.63) is 22.6 Å². The van der Waals surface area contributed by atoms with Crippen molar-refractivity contribution in [3.63, 3.8) is 0 Å². The van der Waals surface area contributed by atoms with Crippen LogP contribution >= 0.6 is 15.9 Å². The lowest BCUT2D eigenvalue weighted by molar-refractivity contribution is 0.124. The molecule has 0 aliphatic heterocycles. The van der Waals surface area contributed by atoms with E-state index in [1.54, 1.807) is 6.26 Å². The van der Waals surface area contributed by atoms with Gasteiger partial charge in [0.1, 0.15) is 5.76 Å². The molecule has 2 nitrogen and oxygen atoms in total. The van der Waals surface area contributed by atoms with E-state index in [2.05, 4.69) is 36.7 Å². The van der Waals surface area contributed by atoms with Gasteiger partial charge < -0.3 is 10.2 Å². The summed E-state index contributed by atoms with van der Waals surface area (Å²) in [5.74, 6) is 2.88. The summed E-state index contributed by atoms with van der Waals surface area (Å²) in [7, 11) is 0. The zero-order valence-corrected chi connectivity index (χ0v) is 13.2. The van der Waals surface area contributed by atoms with Gasteiger partial charge in [0.15, 0.2) is 0 Å². The van der Waals surface area contributed by atoms with E-state index in [4.69, 9.17) is 10.2 Å². The smallest absolute Gasteiger partial charge is 0.121 e. The largest absolute Gasteiger partial charge is 0.468 e. The molecule has 18 heavy (non-hydrogen) atoms. The van der Waals surface area contributed by atoms with Crippen molar-refractivity contribution in [1.29, 1.82) is 0 Å². The second-order valence-electron chi connectivity index (χ2n) is 6.61. The Kier molecular flexibility index (Phi) is 4.22. The van der Waals surface area contributed by atoms with E-state index in [0.717, 1.165) is 22.7 Å². The maximum atomic E-state index is 5.95. The Morgan fingerprint density at radius 2 is 2.11 bits per heavy atom. The van der Waals surface area contributed by atoms with Gasteiger partial charge in [-0.2, -0.15) is 0 Å². The molecule has 1 heterocycles. The van der Waals surface area contributed by atoms with Crippen LogP contribution in [0.25, 0.3) is 0 Å². The molecule has 1 saturated carbocycles. The van der Waals surface area contributed by atoms with Crippen molar-refractivity contribution >= 4 is 15.9 Å². The van der Waals surface area contributed by atoms with Crippen molar-refractivity contribution in [2.45, 2.75) is 46.0 Å². The predicted octanol–water partition coefficient (Wildman–Crippen LogP) is 4.55. The zero-order chi connectivity index (χ0) is 13.3. The molecule has 0 spiro atoms. The van der Waals surface area contributed by atoms with Gasteiger partial charge in [-0.15, -0.1) is 0 Å². The van der Waals surface area contributed by atoms with Gasteiger partial charge in [0.05, 0.1) is 10.7 Å². The number of rotatable bonds is 2. The van der Waals surface area contributed by atoms with Crippen LogP contribution in [0.2, 0.25) is 0 Å². The SMILES string of the molecule is CC(C)(C)C1CCC(CN)C(c2occc2Br)C1. The first-order valence-corrected chi connectivity index (χ1v) is 7.65. The topological polar surface area (TPSA) is 39.2 Å². The molecule has 0 radical (unpaired) electrons. The van der Waals surface area contributed by atoms with Gasteiger partial charge >= 0.3 is 0 Å². The minimum Gasteiger partial charge on any atom is -0.468 e. The summed E-state index contributed by atoms with van der Waals surface area (Å²) >= 11 is 3.59. The van der Waals surface area contributed by atoms with Crippen molar-refractivity contribution in [2.75, 3.05) is 6.54 Å². The highest BCUT2D eigenvalue weighted by molar-refractivity contribution is 9.10. The Hall–Kier alpha value is -0.280. The van der Waals surface area contributed by atoms with Crippen LogP contribution in [0.5, 0.6) is 0 Å². The van der Waals surface area contributed by atoms with E-state index < -0.39 is 0 Å². The molecule has 2 N–H and O–H groups in total. The monoisotopic (exact) mass is 313 g/mol. The van der Waals surface area contributed by atoms with E-state index in [1.165, 1.54) is 19.3 Å². The highest BCUT2D eigenvalue weighted by atomic mass is 79.9. The lowest BCUT2D eigenvalue weighted by Gasteiger charge is -2.41. The van der Waals surface area contributed by atoms with E-state index in [9.17, 15) is 0 Å². The van der Waals surface area contributed by atoms with Crippen LogP contribution in [0.15, 0.2) is 21.2 Å². The van der Waals surface area contributed by atoms with Gasteiger partial charge in [-0.3, -0.25) is 0 Å². The molecule has 0 bridgehead atoms. The quantitative estimate of drug-likeness (QED) is 0.870. The summed E-state index contributed by atoms with van der Waals surface area (Å²) in [6.45, 7) is 7.78. The molecule has 1 fully saturated rings. The first-order valence-electron chi connectivity index (χ1n) is 6.86. The van der Waals surface area contributed by atoms with E-state index in [0.29, 0.717) is 17.3 Å². The first kappa shape index (κ1) is 14.1. The Morgan fingerprint density at radius 1 is 1.39 bits per heavy atom. The maximum absolute atomic E-state index is 5.95. The molecule has 3 unspecified atom stereocenters. The predicted molar refractivity (Wildman–Crippen MR) is 78.5 cm³/mol. The van der Waals surface area contributed by atoms with Gasteiger partial charge in [0.25, 0.3) is 0 Å². The second-order valence-corrected chi connectivity index (χ2v) is 7.47. The molecule has 0 aromatic carbocycles. The average molecular weight is 314 g/mol. The van der Waals surface area contributed by atoms with Gasteiger partial charge in [-0.25, -0.2) is 0 Å². The molecule has 1 aliphatic rings. The maximum Gasteiger partial charge on any atom is 0.121 e. The molecule has 3 heteroatoms. The highest BCUT2D eigenvalue weighted by Gasteiger charge is 2.37. The first-order chi connectivity index (χ1) is 8.43. The van der Waals surface area contributed by atoms with Crippen LogP contribution < -0.4 is 5.73 Å². The minimum atomic E-state index is 0.372. The second kappa shape index (κ2) is 5.38. The normalized spacial score (nSPS) is 29.5. The molecule has 1 aromatic heterocycles. The highest BCUT2D eigenvalue weighted by Crippen LogP contribution is 2.47. The van der Waals surface area contributed by atoms with Crippen LogP contribution in [-0.4, -0.2) is 6.54 Å². The molecule has 2 rings (SSSR count). The van der Waals surface area contributed by atoms with Gasteiger partial charge in [-0.1, -0.05) is 20.8 Å². The summed E-state index contributed by atoms with van der Waals surface area (Å²) in [6.07, 6.45) is 5.47. The zero-order valence-electron chi connectivity index (χ0n) is 11.6. The molecule has 1 aliphatic carbocycles. The van der Waals surface area contributed by atoms with E-state index in [1.807, 2.05) is 6.07 Å². The Balaban J connectivity index is 2.21. The molecule has 0 amide bonds. The molecule has 0 saturated heterocycles. The summed E-state index contributed by atoms with van der Waals surface area (Å²) in [6, 6.07) is 1.99. The Labute approximate surface area is 118 Å². The van der Waals surface area contributed by atoms with E-state index in [-0.39, 0.29) is 0 Å². The fourth-order valence-electron chi connectivity index (χ4n) is 3.19. The van der Waals surface area contributed by atoms with Gasteiger partial charge in [0, 0.05) is 5.92 Å². The van der Waals surface area contributed by atoms with Crippen molar-refractivity contribution < 1.29 is 4.42 Å². The van der Waals surface area contributed by atoms with Crippen molar-refractivity contribution in [1.82, 2.24) is 0 Å². The standard InChI is InChI=1S/C15H24BrNO/c1-15(2,3)11-5-4-10(9-17)12(8-11)14-13(16)6-7-18-14/h6-7,10-12H,4-5,8-9,17H2,1-3H3. The lowest BCUT2D eigenvalue weighted by Crippen LogP contribution is -2.33. The van der Waals surface area contributed by atoms with Crippen LogP contribution in [0, 0.1) is 17.3 Å². The Morgan fingerprint density at radius 3 is 2.61 bits per heavy atom. The molecular weight excluding hydrogens is 290 g/mol. The summed E-state index contributed by atoms with van der Waals surface area (Å²) in [4.78, 5) is 0. The molecular formula is C15H24BrNO. The summed E-state index contributed by atoms with van der Waals surface area (Å²) < 4.78 is 6.79. The van der Waals surface area contributed by atoms with Gasteiger partial charge in [0.2, 0.25) is 0 Å². The number of halogens is 1. The summed E-state index contributed by atoms with van der Waals surface area (Å²) in [5.41, 5.74) is 6.32. The fraction of sp³-hybridized carbons (Fsp3) is 0.733. The number of hydrogen-bond acceptors (Lipinski definition) is 2. The van der Waals surface area contributed by atoms with Crippen LogP contribution in [0.1, 0.15) is 51.7 Å². The summed E-state index contributed by atoms with van der Waals surface area (Å²) in [5, 5.41) is 0. The number of nitrogens with two attached hydrogens (primary N) is 1. The van der Waals surface area contributed by atoms with Crippen molar-refractivity contribution in [3.8, 4) is 0 Å². The van der Waals surface area contributed by atoms with Crippen LogP contribution in [-0.2, 0) is 0 Å². The molecule has 102 valence electrons. The minimum absolute atomic E-state index is 0.372. The van der Waals surface area contributed by atoms with Gasteiger partial charge in [-0.05, 0) is 65.1 Å². The Bertz CT molecular complexity index is 393. The number of hydrogen-bond donors (Lipinski definition) is 1. The molecule has 1 aromatic rings. The van der Waals surface area contributed by atoms with Crippen molar-refractivity contribution in [2.24, 2.45) is 23.0 Å². The molecule has 3 atom stereocenters. The average Bonchev–Trinajstić information content (AvgIpc) is 2.73. The lowest BCUT2D eigenvalue weighted by atomic mass is 9.65. The van der Waals surface area contributed by atoms with E-state index >= 15 is 0 Å². The third-order valence-corrected chi connectivity index (χ3v) is 5.16. The third kappa shape index (κ3) is 2.83. The third-order valence-electron chi connectivity index (χ3n) is 4.50. The fourth-order valence-corrected chi connectivity index (χ4v) is 3.69.